The maximum Gasteiger partial charge on any atom is 0.370 e. The monoisotopic (exact) mass is 290 g/mol. The van der Waals surface area contributed by atoms with Crippen molar-refractivity contribution in [3.63, 3.8) is 0 Å². The maximum absolute atomic E-state index is 11.1. The van der Waals surface area contributed by atoms with Crippen LogP contribution < -0.4 is 0 Å². The standard InChI is InChI=1S/C14H26O6/c1-6-8-20-14(19,13(17,18)11(15)16)10(7-2)9-12(3,4)5/h6,10,17-19H,1,7-9H2,2-5H3,(H,15,16). The highest BCUT2D eigenvalue weighted by Gasteiger charge is 2.60. The molecule has 0 aliphatic carbocycles. The van der Waals surface area contributed by atoms with Crippen molar-refractivity contribution < 1.29 is 30.0 Å². The lowest BCUT2D eigenvalue weighted by atomic mass is 9.76. The Balaban J connectivity index is 5.60. The van der Waals surface area contributed by atoms with Gasteiger partial charge in [-0.25, -0.2) is 4.79 Å². The quantitative estimate of drug-likeness (QED) is 0.394. The van der Waals surface area contributed by atoms with Crippen molar-refractivity contribution in [2.45, 2.75) is 52.1 Å². The van der Waals surface area contributed by atoms with Gasteiger partial charge in [-0.1, -0.05) is 33.8 Å². The molecule has 0 saturated carbocycles. The fourth-order valence-electron chi connectivity index (χ4n) is 2.14. The van der Waals surface area contributed by atoms with Crippen molar-refractivity contribution in [1.29, 1.82) is 0 Å². The molecule has 0 fully saturated rings. The Kier molecular flexibility index (Phi) is 6.35. The second kappa shape index (κ2) is 6.67. The van der Waals surface area contributed by atoms with Gasteiger partial charge in [0.05, 0.1) is 6.61 Å². The van der Waals surface area contributed by atoms with Gasteiger partial charge < -0.3 is 25.2 Å². The van der Waals surface area contributed by atoms with Crippen molar-refractivity contribution in [3.05, 3.63) is 12.7 Å². The van der Waals surface area contributed by atoms with Crippen molar-refractivity contribution in [2.24, 2.45) is 11.3 Å². The summed E-state index contributed by atoms with van der Waals surface area (Å²) >= 11 is 0. The Bertz CT molecular complexity index is 344. The van der Waals surface area contributed by atoms with E-state index < -0.39 is 23.5 Å². The molecule has 4 N–H and O–H groups in total. The van der Waals surface area contributed by atoms with E-state index in [4.69, 9.17) is 9.84 Å². The van der Waals surface area contributed by atoms with E-state index in [9.17, 15) is 20.1 Å². The summed E-state index contributed by atoms with van der Waals surface area (Å²) in [4.78, 5) is 11.1. The molecule has 0 aromatic carbocycles. The normalized spacial score (nSPS) is 17.4. The van der Waals surface area contributed by atoms with E-state index in [1.165, 1.54) is 6.08 Å². The second-order valence-electron chi connectivity index (χ2n) is 6.14. The van der Waals surface area contributed by atoms with Crippen LogP contribution >= 0.6 is 0 Å². The number of aliphatic hydroxyl groups is 3. The lowest BCUT2D eigenvalue weighted by Crippen LogP contribution is -2.65. The Hall–Kier alpha value is -0.950. The molecule has 0 heterocycles. The Morgan fingerprint density at radius 2 is 1.80 bits per heavy atom. The molecule has 0 rings (SSSR count). The molecule has 20 heavy (non-hydrogen) atoms. The summed E-state index contributed by atoms with van der Waals surface area (Å²) in [6.07, 6.45) is 1.97. The summed E-state index contributed by atoms with van der Waals surface area (Å²) in [5.74, 6) is -8.75. The van der Waals surface area contributed by atoms with E-state index in [0.29, 0.717) is 12.8 Å². The van der Waals surface area contributed by atoms with E-state index in [0.717, 1.165) is 0 Å². The van der Waals surface area contributed by atoms with Crippen LogP contribution in [0, 0.1) is 11.3 Å². The number of ether oxygens (including phenoxy) is 1. The van der Waals surface area contributed by atoms with E-state index >= 15 is 0 Å². The van der Waals surface area contributed by atoms with Crippen molar-refractivity contribution in [2.75, 3.05) is 6.61 Å². The highest BCUT2D eigenvalue weighted by Crippen LogP contribution is 2.39. The molecule has 0 aromatic heterocycles. The molecular formula is C14H26O6. The highest BCUT2D eigenvalue weighted by atomic mass is 16.7. The summed E-state index contributed by atoms with van der Waals surface area (Å²) in [7, 11) is 0. The molecule has 0 amide bonds. The minimum absolute atomic E-state index is 0.201. The van der Waals surface area contributed by atoms with Gasteiger partial charge in [0.15, 0.2) is 0 Å². The number of hydrogen-bond donors (Lipinski definition) is 4. The number of carboxylic acids is 1. The van der Waals surface area contributed by atoms with E-state index in [1.807, 2.05) is 20.8 Å². The zero-order valence-corrected chi connectivity index (χ0v) is 12.6. The topological polar surface area (TPSA) is 107 Å². The average molecular weight is 290 g/mol. The molecular weight excluding hydrogens is 264 g/mol. The molecule has 0 saturated heterocycles. The molecule has 0 bridgehead atoms. The van der Waals surface area contributed by atoms with Crippen LogP contribution in [0.3, 0.4) is 0 Å². The van der Waals surface area contributed by atoms with Crippen LogP contribution in [0.5, 0.6) is 0 Å². The first-order chi connectivity index (χ1) is 8.92. The molecule has 2 unspecified atom stereocenters. The van der Waals surface area contributed by atoms with Gasteiger partial charge in [-0.05, 0) is 18.3 Å². The third-order valence-corrected chi connectivity index (χ3v) is 3.12. The Morgan fingerprint density at radius 3 is 2.10 bits per heavy atom. The number of aliphatic carboxylic acids is 1. The third-order valence-electron chi connectivity index (χ3n) is 3.12. The predicted molar refractivity (Wildman–Crippen MR) is 73.8 cm³/mol. The van der Waals surface area contributed by atoms with Crippen LogP contribution in [0.4, 0.5) is 0 Å². The van der Waals surface area contributed by atoms with Gasteiger partial charge in [0.2, 0.25) is 5.79 Å². The van der Waals surface area contributed by atoms with E-state index in [1.54, 1.807) is 6.92 Å². The first-order valence-electron chi connectivity index (χ1n) is 6.57. The number of rotatable bonds is 8. The van der Waals surface area contributed by atoms with Crippen LogP contribution in [0.25, 0.3) is 0 Å². The lowest BCUT2D eigenvalue weighted by Gasteiger charge is -2.43. The number of carboxylic acid groups (broad SMARTS) is 1. The van der Waals surface area contributed by atoms with Gasteiger partial charge in [-0.2, -0.15) is 0 Å². The predicted octanol–water partition coefficient (Wildman–Crippen LogP) is 1.11. The first kappa shape index (κ1) is 19.1. The SMILES string of the molecule is C=CCOC(O)(C(CC)CC(C)(C)C)C(O)(O)C(=O)O. The van der Waals surface area contributed by atoms with Crippen LogP contribution in [-0.2, 0) is 9.53 Å². The highest BCUT2D eigenvalue weighted by molar-refractivity contribution is 5.76. The van der Waals surface area contributed by atoms with Gasteiger partial charge in [0.1, 0.15) is 0 Å². The molecule has 6 heteroatoms. The van der Waals surface area contributed by atoms with Crippen molar-refractivity contribution in [1.82, 2.24) is 0 Å². The average Bonchev–Trinajstić information content (AvgIpc) is 2.31. The van der Waals surface area contributed by atoms with Crippen molar-refractivity contribution >= 4 is 5.97 Å². The third kappa shape index (κ3) is 4.28. The fraction of sp³-hybridized carbons (Fsp3) is 0.786. The molecule has 6 nitrogen and oxygen atoms in total. The maximum atomic E-state index is 11.1. The van der Waals surface area contributed by atoms with Crippen LogP contribution in [0.15, 0.2) is 12.7 Å². The fourth-order valence-corrected chi connectivity index (χ4v) is 2.14. The van der Waals surface area contributed by atoms with Gasteiger partial charge in [0, 0.05) is 5.92 Å². The van der Waals surface area contributed by atoms with Gasteiger partial charge in [-0.15, -0.1) is 6.58 Å². The minimum Gasteiger partial charge on any atom is -0.477 e. The second-order valence-corrected chi connectivity index (χ2v) is 6.14. The number of carbonyl (C=O) groups is 1. The summed E-state index contributed by atoms with van der Waals surface area (Å²) in [5.41, 5.74) is -0.249. The molecule has 0 aliphatic heterocycles. The molecule has 118 valence electrons. The van der Waals surface area contributed by atoms with Crippen LogP contribution in [0.1, 0.15) is 40.5 Å². The zero-order chi connectivity index (χ0) is 16.2. The lowest BCUT2D eigenvalue weighted by molar-refractivity contribution is -0.378. The summed E-state index contributed by atoms with van der Waals surface area (Å²) in [5, 5.41) is 39.0. The molecule has 0 radical (unpaired) electrons. The summed E-state index contributed by atoms with van der Waals surface area (Å²) in [6, 6.07) is 0. The molecule has 0 aromatic rings. The molecule has 2 atom stereocenters. The van der Waals surface area contributed by atoms with Gasteiger partial charge in [0.25, 0.3) is 0 Å². The Labute approximate surface area is 119 Å². The first-order valence-corrected chi connectivity index (χ1v) is 6.57. The van der Waals surface area contributed by atoms with E-state index in [-0.39, 0.29) is 12.0 Å². The van der Waals surface area contributed by atoms with Crippen molar-refractivity contribution in [3.8, 4) is 0 Å². The van der Waals surface area contributed by atoms with Gasteiger partial charge in [-0.3, -0.25) is 0 Å². The van der Waals surface area contributed by atoms with Crippen LogP contribution in [-0.4, -0.2) is 44.6 Å². The van der Waals surface area contributed by atoms with E-state index in [2.05, 4.69) is 6.58 Å². The largest absolute Gasteiger partial charge is 0.477 e. The minimum atomic E-state index is -3.40. The smallest absolute Gasteiger partial charge is 0.370 e. The van der Waals surface area contributed by atoms with Gasteiger partial charge >= 0.3 is 11.8 Å². The molecule has 0 aliphatic rings. The zero-order valence-electron chi connectivity index (χ0n) is 12.6. The Morgan fingerprint density at radius 1 is 1.30 bits per heavy atom. The number of hydrogen-bond acceptors (Lipinski definition) is 5. The summed E-state index contributed by atoms with van der Waals surface area (Å²) in [6.45, 7) is 10.6. The van der Waals surface area contributed by atoms with Crippen LogP contribution in [0.2, 0.25) is 0 Å². The summed E-state index contributed by atoms with van der Waals surface area (Å²) < 4.78 is 5.06. The molecule has 0 spiro atoms.